The van der Waals surface area contributed by atoms with Crippen molar-refractivity contribution in [2.24, 2.45) is 16.8 Å². The fourth-order valence-electron chi connectivity index (χ4n) is 3.14. The van der Waals surface area contributed by atoms with Crippen LogP contribution in [0.3, 0.4) is 0 Å². The molecule has 0 bridgehead atoms. The molecule has 0 spiro atoms. The lowest BCUT2D eigenvalue weighted by atomic mass is 10.0. The van der Waals surface area contributed by atoms with Crippen molar-refractivity contribution in [2.45, 2.75) is 66.2 Å². The van der Waals surface area contributed by atoms with Crippen LogP contribution < -0.4 is 10.6 Å². The first-order valence-electron chi connectivity index (χ1n) is 9.21. The fraction of sp³-hybridized carbons (Fsp3) is 0.944. The molecule has 0 aromatic rings. The first kappa shape index (κ1) is 23.9. The molecule has 144 valence electrons. The number of likely N-dealkylation sites (tertiary alicyclic amines) is 1. The van der Waals surface area contributed by atoms with Gasteiger partial charge in [0.2, 0.25) is 0 Å². The zero-order valence-corrected chi connectivity index (χ0v) is 19.0. The molecule has 6 heteroatoms. The predicted octanol–water partition coefficient (Wildman–Crippen LogP) is 2.95. The summed E-state index contributed by atoms with van der Waals surface area (Å²) in [5, 5.41) is 7.04. The molecule has 1 saturated heterocycles. The van der Waals surface area contributed by atoms with Crippen LogP contribution in [0.25, 0.3) is 0 Å². The van der Waals surface area contributed by atoms with E-state index in [0.29, 0.717) is 30.0 Å². The lowest BCUT2D eigenvalue weighted by molar-refractivity contribution is 0.0258. The van der Waals surface area contributed by atoms with E-state index in [1.54, 1.807) is 0 Å². The summed E-state index contributed by atoms with van der Waals surface area (Å²) in [5.41, 5.74) is 0. The summed E-state index contributed by atoms with van der Waals surface area (Å²) in [4.78, 5) is 6.91. The van der Waals surface area contributed by atoms with Gasteiger partial charge in [-0.15, -0.1) is 24.0 Å². The Hall–Kier alpha value is -0.0800. The van der Waals surface area contributed by atoms with Crippen molar-refractivity contribution in [1.29, 1.82) is 0 Å². The average molecular weight is 454 g/mol. The largest absolute Gasteiger partial charge is 0.378 e. The van der Waals surface area contributed by atoms with E-state index >= 15 is 0 Å². The number of nitrogens with one attached hydrogen (secondary N) is 2. The van der Waals surface area contributed by atoms with Crippen LogP contribution in [-0.4, -0.2) is 62.3 Å². The first-order valence-corrected chi connectivity index (χ1v) is 9.21. The Balaban J connectivity index is 0.00000529. The Kier molecular flexibility index (Phi) is 12.3. The third-order valence-corrected chi connectivity index (χ3v) is 4.76. The van der Waals surface area contributed by atoms with Gasteiger partial charge in [-0.05, 0) is 39.0 Å². The standard InChI is InChI=1S/C18H38N4O.HI/c1-8-23-17(13(2)3)9-10-20-18(19-7)21-16-12-22(14(4)5)11-15(16)6;/h13-17H,8-12H2,1-7H3,(H2,19,20,21);1H. The minimum atomic E-state index is 0. The van der Waals surface area contributed by atoms with E-state index in [-0.39, 0.29) is 24.0 Å². The molecule has 1 aliphatic heterocycles. The molecule has 1 heterocycles. The van der Waals surface area contributed by atoms with E-state index in [0.717, 1.165) is 38.6 Å². The number of nitrogens with zero attached hydrogens (tertiary/aromatic N) is 2. The highest BCUT2D eigenvalue weighted by Gasteiger charge is 2.31. The SMILES string of the molecule is CCOC(CCNC(=NC)NC1CN(C(C)C)CC1C)C(C)C.I. The minimum absolute atomic E-state index is 0. The summed E-state index contributed by atoms with van der Waals surface area (Å²) in [5.74, 6) is 2.09. The molecule has 0 radical (unpaired) electrons. The molecule has 2 N–H and O–H groups in total. The topological polar surface area (TPSA) is 48.9 Å². The molecular formula is C18H39IN4O. The van der Waals surface area contributed by atoms with Gasteiger partial charge in [0.1, 0.15) is 0 Å². The molecule has 0 aliphatic carbocycles. The van der Waals surface area contributed by atoms with Crippen LogP contribution in [0.5, 0.6) is 0 Å². The van der Waals surface area contributed by atoms with Gasteiger partial charge in [0.15, 0.2) is 5.96 Å². The van der Waals surface area contributed by atoms with E-state index in [4.69, 9.17) is 4.74 Å². The van der Waals surface area contributed by atoms with Crippen LogP contribution in [0.2, 0.25) is 0 Å². The monoisotopic (exact) mass is 454 g/mol. The molecule has 0 aromatic carbocycles. The molecule has 3 atom stereocenters. The summed E-state index contributed by atoms with van der Waals surface area (Å²) in [6.07, 6.45) is 1.32. The van der Waals surface area contributed by atoms with Gasteiger partial charge >= 0.3 is 0 Å². The predicted molar refractivity (Wildman–Crippen MR) is 114 cm³/mol. The van der Waals surface area contributed by atoms with Gasteiger partial charge in [-0.1, -0.05) is 20.8 Å². The number of rotatable bonds is 8. The molecule has 3 unspecified atom stereocenters. The molecule has 0 saturated carbocycles. The van der Waals surface area contributed by atoms with Crippen molar-refractivity contribution in [1.82, 2.24) is 15.5 Å². The van der Waals surface area contributed by atoms with Gasteiger partial charge < -0.3 is 15.4 Å². The van der Waals surface area contributed by atoms with E-state index in [1.807, 2.05) is 7.05 Å². The third kappa shape index (κ3) is 7.87. The summed E-state index contributed by atoms with van der Waals surface area (Å²) >= 11 is 0. The fourth-order valence-corrected chi connectivity index (χ4v) is 3.14. The maximum absolute atomic E-state index is 5.80. The number of ether oxygens (including phenoxy) is 1. The maximum atomic E-state index is 5.80. The molecule has 5 nitrogen and oxygen atoms in total. The molecule has 24 heavy (non-hydrogen) atoms. The Morgan fingerprint density at radius 2 is 1.92 bits per heavy atom. The summed E-state index contributed by atoms with van der Waals surface area (Å²) < 4.78 is 5.80. The second kappa shape index (κ2) is 12.3. The van der Waals surface area contributed by atoms with Crippen molar-refractivity contribution in [3.63, 3.8) is 0 Å². The number of aliphatic imine (C=N–C) groups is 1. The summed E-state index contributed by atoms with van der Waals surface area (Å²) in [6.45, 7) is 17.3. The zero-order chi connectivity index (χ0) is 17.4. The summed E-state index contributed by atoms with van der Waals surface area (Å²) in [6, 6.07) is 1.08. The maximum Gasteiger partial charge on any atom is 0.191 e. The highest BCUT2D eigenvalue weighted by molar-refractivity contribution is 14.0. The van der Waals surface area contributed by atoms with Crippen LogP contribution in [0.15, 0.2) is 4.99 Å². The van der Waals surface area contributed by atoms with Crippen molar-refractivity contribution < 1.29 is 4.74 Å². The highest BCUT2D eigenvalue weighted by Crippen LogP contribution is 2.18. The van der Waals surface area contributed by atoms with Gasteiger partial charge in [-0.2, -0.15) is 0 Å². The number of hydrogen-bond acceptors (Lipinski definition) is 3. The Morgan fingerprint density at radius 1 is 1.25 bits per heavy atom. The molecule has 1 rings (SSSR count). The van der Waals surface area contributed by atoms with Gasteiger partial charge in [0, 0.05) is 45.4 Å². The third-order valence-electron chi connectivity index (χ3n) is 4.76. The molecular weight excluding hydrogens is 415 g/mol. The Bertz CT molecular complexity index is 363. The second-order valence-corrected chi connectivity index (χ2v) is 7.30. The number of hydrogen-bond donors (Lipinski definition) is 2. The van der Waals surface area contributed by atoms with Gasteiger partial charge in [0.25, 0.3) is 0 Å². The smallest absolute Gasteiger partial charge is 0.191 e. The highest BCUT2D eigenvalue weighted by atomic mass is 127. The Labute approximate surface area is 166 Å². The van der Waals surface area contributed by atoms with Gasteiger partial charge in [0.05, 0.1) is 6.10 Å². The van der Waals surface area contributed by atoms with E-state index < -0.39 is 0 Å². The van der Waals surface area contributed by atoms with Crippen LogP contribution in [-0.2, 0) is 4.74 Å². The lowest BCUT2D eigenvalue weighted by Crippen LogP contribution is -2.47. The lowest BCUT2D eigenvalue weighted by Gasteiger charge is -2.24. The van der Waals surface area contributed by atoms with E-state index in [1.165, 1.54) is 0 Å². The van der Waals surface area contributed by atoms with E-state index in [2.05, 4.69) is 62.1 Å². The first-order chi connectivity index (χ1) is 10.9. The number of halogens is 1. The molecule has 0 aromatic heterocycles. The van der Waals surface area contributed by atoms with Gasteiger partial charge in [-0.25, -0.2) is 0 Å². The molecule has 1 fully saturated rings. The van der Waals surface area contributed by atoms with Crippen LogP contribution >= 0.6 is 24.0 Å². The Morgan fingerprint density at radius 3 is 2.38 bits per heavy atom. The van der Waals surface area contributed by atoms with E-state index in [9.17, 15) is 0 Å². The quantitative estimate of drug-likeness (QED) is 0.337. The minimum Gasteiger partial charge on any atom is -0.378 e. The van der Waals surface area contributed by atoms with Crippen molar-refractivity contribution in [2.75, 3.05) is 33.3 Å². The van der Waals surface area contributed by atoms with Crippen LogP contribution in [0.1, 0.15) is 48.0 Å². The van der Waals surface area contributed by atoms with Crippen molar-refractivity contribution in [3.05, 3.63) is 0 Å². The second-order valence-electron chi connectivity index (χ2n) is 7.30. The summed E-state index contributed by atoms with van der Waals surface area (Å²) in [7, 11) is 1.84. The molecule has 0 amide bonds. The van der Waals surface area contributed by atoms with Gasteiger partial charge in [-0.3, -0.25) is 9.89 Å². The average Bonchev–Trinajstić information content (AvgIpc) is 2.86. The molecule has 1 aliphatic rings. The number of guanidine groups is 1. The van der Waals surface area contributed by atoms with Crippen LogP contribution in [0.4, 0.5) is 0 Å². The zero-order valence-electron chi connectivity index (χ0n) is 16.6. The van der Waals surface area contributed by atoms with Crippen molar-refractivity contribution in [3.8, 4) is 0 Å². The normalized spacial score (nSPS) is 23.5. The van der Waals surface area contributed by atoms with Crippen LogP contribution in [0, 0.1) is 11.8 Å². The van der Waals surface area contributed by atoms with Crippen molar-refractivity contribution >= 4 is 29.9 Å².